The summed E-state index contributed by atoms with van der Waals surface area (Å²) in [5.41, 5.74) is 0.858. The van der Waals surface area contributed by atoms with Gasteiger partial charge in [-0.3, -0.25) is 9.59 Å². The third-order valence-electron chi connectivity index (χ3n) is 2.48. The van der Waals surface area contributed by atoms with Crippen LogP contribution in [0.25, 0.3) is 0 Å². The van der Waals surface area contributed by atoms with Gasteiger partial charge in [0.25, 0.3) is 0 Å². The Morgan fingerprint density at radius 1 is 1.18 bits per heavy atom. The van der Waals surface area contributed by atoms with E-state index in [1.807, 2.05) is 37.3 Å². The van der Waals surface area contributed by atoms with Gasteiger partial charge in [0.15, 0.2) is 0 Å². The third-order valence-corrected chi connectivity index (χ3v) is 2.48. The van der Waals surface area contributed by atoms with E-state index in [9.17, 15) is 9.59 Å². The number of nitrogens with two attached hydrogens (primary N) is 1. The van der Waals surface area contributed by atoms with E-state index in [0.717, 1.165) is 23.4 Å². The van der Waals surface area contributed by atoms with Crippen LogP contribution in [0.1, 0.15) is 31.7 Å². The van der Waals surface area contributed by atoms with Crippen LogP contribution in [0.2, 0.25) is 0 Å². The molecule has 0 saturated carbocycles. The van der Waals surface area contributed by atoms with Crippen molar-refractivity contribution in [3.63, 3.8) is 0 Å². The zero-order chi connectivity index (χ0) is 12.7. The monoisotopic (exact) mass is 234 g/mol. The molecule has 2 amide bonds. The Morgan fingerprint density at radius 2 is 1.82 bits per heavy atom. The van der Waals surface area contributed by atoms with Crippen molar-refractivity contribution in [3.8, 4) is 0 Å². The van der Waals surface area contributed by atoms with Crippen LogP contribution in [0, 0.1) is 0 Å². The highest BCUT2D eigenvalue weighted by molar-refractivity contribution is 5.95. The SMILES string of the molecule is CCCCC(=O)N(N)C(=O)Cc1ccccc1. The van der Waals surface area contributed by atoms with Gasteiger partial charge >= 0.3 is 0 Å². The number of imide groups is 1. The lowest BCUT2D eigenvalue weighted by Gasteiger charge is -2.14. The highest BCUT2D eigenvalue weighted by atomic mass is 16.2. The Labute approximate surface area is 101 Å². The van der Waals surface area contributed by atoms with Gasteiger partial charge in [-0.05, 0) is 12.0 Å². The van der Waals surface area contributed by atoms with Gasteiger partial charge in [-0.2, -0.15) is 0 Å². The number of carbonyl (C=O) groups excluding carboxylic acids is 2. The molecule has 0 bridgehead atoms. The summed E-state index contributed by atoms with van der Waals surface area (Å²) < 4.78 is 0. The van der Waals surface area contributed by atoms with Crippen molar-refractivity contribution >= 4 is 11.8 Å². The van der Waals surface area contributed by atoms with E-state index in [4.69, 9.17) is 5.84 Å². The molecule has 1 rings (SSSR count). The lowest BCUT2D eigenvalue weighted by Crippen LogP contribution is -2.43. The van der Waals surface area contributed by atoms with Crippen molar-refractivity contribution in [3.05, 3.63) is 35.9 Å². The molecule has 0 unspecified atom stereocenters. The predicted octanol–water partition coefficient (Wildman–Crippen LogP) is 1.65. The molecule has 2 N–H and O–H groups in total. The number of hydrogen-bond acceptors (Lipinski definition) is 3. The molecule has 92 valence electrons. The van der Waals surface area contributed by atoms with Gasteiger partial charge < -0.3 is 0 Å². The second-order valence-corrected chi connectivity index (χ2v) is 3.92. The van der Waals surface area contributed by atoms with E-state index in [1.165, 1.54) is 0 Å². The molecule has 4 heteroatoms. The van der Waals surface area contributed by atoms with Crippen molar-refractivity contribution in [2.75, 3.05) is 0 Å². The van der Waals surface area contributed by atoms with Crippen LogP contribution in [0.15, 0.2) is 30.3 Å². The van der Waals surface area contributed by atoms with Crippen molar-refractivity contribution in [1.29, 1.82) is 0 Å². The third kappa shape index (κ3) is 4.36. The van der Waals surface area contributed by atoms with E-state index in [0.29, 0.717) is 6.42 Å². The average molecular weight is 234 g/mol. The number of amides is 2. The van der Waals surface area contributed by atoms with Crippen molar-refractivity contribution < 1.29 is 9.59 Å². The number of carbonyl (C=O) groups is 2. The first-order valence-electron chi connectivity index (χ1n) is 5.79. The van der Waals surface area contributed by atoms with E-state index < -0.39 is 0 Å². The van der Waals surface area contributed by atoms with Crippen molar-refractivity contribution in [2.24, 2.45) is 5.84 Å². The van der Waals surface area contributed by atoms with E-state index in [-0.39, 0.29) is 18.2 Å². The summed E-state index contributed by atoms with van der Waals surface area (Å²) in [6.45, 7) is 1.99. The molecule has 0 atom stereocenters. The molecule has 0 spiro atoms. The molecule has 0 fully saturated rings. The quantitative estimate of drug-likeness (QED) is 0.478. The van der Waals surface area contributed by atoms with Crippen LogP contribution in [0.3, 0.4) is 0 Å². The lowest BCUT2D eigenvalue weighted by atomic mass is 10.1. The molecule has 4 nitrogen and oxygen atoms in total. The number of hydrogen-bond donors (Lipinski definition) is 1. The minimum atomic E-state index is -0.364. The summed E-state index contributed by atoms with van der Waals surface area (Å²) in [4.78, 5) is 23.2. The molecule has 0 heterocycles. The van der Waals surface area contributed by atoms with E-state index in [1.54, 1.807) is 0 Å². The Morgan fingerprint density at radius 3 is 2.41 bits per heavy atom. The van der Waals surface area contributed by atoms with Gasteiger partial charge in [0.2, 0.25) is 11.8 Å². The van der Waals surface area contributed by atoms with Gasteiger partial charge in [0.1, 0.15) is 0 Å². The number of nitrogens with zero attached hydrogens (tertiary/aromatic N) is 1. The van der Waals surface area contributed by atoms with E-state index in [2.05, 4.69) is 0 Å². The molecule has 0 saturated heterocycles. The van der Waals surface area contributed by atoms with Gasteiger partial charge in [0.05, 0.1) is 6.42 Å². The standard InChI is InChI=1S/C13H18N2O2/c1-2-3-9-12(16)15(14)13(17)10-11-7-5-4-6-8-11/h4-8H,2-3,9-10,14H2,1H3. The van der Waals surface area contributed by atoms with Crippen molar-refractivity contribution in [1.82, 2.24) is 5.01 Å². The first-order chi connectivity index (χ1) is 8.15. The minimum absolute atomic E-state index is 0.162. The maximum Gasteiger partial charge on any atom is 0.247 e. The van der Waals surface area contributed by atoms with Crippen LogP contribution in [0.5, 0.6) is 0 Å². The van der Waals surface area contributed by atoms with Gasteiger partial charge in [-0.1, -0.05) is 43.7 Å². The fourth-order valence-electron chi connectivity index (χ4n) is 1.44. The predicted molar refractivity (Wildman–Crippen MR) is 65.7 cm³/mol. The molecule has 1 aromatic carbocycles. The second-order valence-electron chi connectivity index (χ2n) is 3.92. The molecular formula is C13H18N2O2. The highest BCUT2D eigenvalue weighted by Gasteiger charge is 2.17. The average Bonchev–Trinajstić information content (AvgIpc) is 2.36. The maximum absolute atomic E-state index is 11.7. The molecule has 0 radical (unpaired) electrons. The summed E-state index contributed by atoms with van der Waals surface area (Å²) in [6.07, 6.45) is 2.15. The largest absolute Gasteiger partial charge is 0.273 e. The first kappa shape index (κ1) is 13.4. The molecule has 0 aliphatic rings. The Kier molecular flexibility index (Phi) is 5.36. The molecule has 0 aliphatic carbocycles. The highest BCUT2D eigenvalue weighted by Crippen LogP contribution is 2.03. The van der Waals surface area contributed by atoms with Gasteiger partial charge in [0, 0.05) is 6.42 Å². The van der Waals surface area contributed by atoms with Gasteiger partial charge in [-0.15, -0.1) is 0 Å². The summed E-state index contributed by atoms with van der Waals surface area (Å²) in [5, 5.41) is 0.739. The summed E-state index contributed by atoms with van der Waals surface area (Å²) in [7, 11) is 0. The molecular weight excluding hydrogens is 216 g/mol. The maximum atomic E-state index is 11.7. The van der Waals surface area contributed by atoms with Crippen LogP contribution in [-0.2, 0) is 16.0 Å². The zero-order valence-electron chi connectivity index (χ0n) is 10.1. The minimum Gasteiger partial charge on any atom is -0.273 e. The lowest BCUT2D eigenvalue weighted by molar-refractivity contribution is -0.144. The number of hydrazine groups is 1. The van der Waals surface area contributed by atoms with Crippen LogP contribution in [0.4, 0.5) is 0 Å². The smallest absolute Gasteiger partial charge is 0.247 e. The number of rotatable bonds is 5. The Balaban J connectivity index is 2.50. The molecule has 0 aliphatic heterocycles. The zero-order valence-corrected chi connectivity index (χ0v) is 10.1. The first-order valence-corrected chi connectivity index (χ1v) is 5.79. The molecule has 1 aromatic rings. The summed E-state index contributed by atoms with van der Waals surface area (Å²) in [5.74, 6) is 4.81. The topological polar surface area (TPSA) is 63.4 Å². The van der Waals surface area contributed by atoms with Crippen LogP contribution < -0.4 is 5.84 Å². The second kappa shape index (κ2) is 6.81. The summed E-state index contributed by atoms with van der Waals surface area (Å²) >= 11 is 0. The fraction of sp³-hybridized carbons (Fsp3) is 0.385. The Hall–Kier alpha value is -1.68. The summed E-state index contributed by atoms with van der Waals surface area (Å²) in [6, 6.07) is 9.25. The normalized spacial score (nSPS) is 10.0. The fourth-order valence-corrected chi connectivity index (χ4v) is 1.44. The number of unbranched alkanes of at least 4 members (excludes halogenated alkanes) is 1. The van der Waals surface area contributed by atoms with Crippen LogP contribution in [-0.4, -0.2) is 16.8 Å². The van der Waals surface area contributed by atoms with E-state index >= 15 is 0 Å². The van der Waals surface area contributed by atoms with Crippen LogP contribution >= 0.6 is 0 Å². The molecule has 0 aromatic heterocycles. The van der Waals surface area contributed by atoms with Crippen molar-refractivity contribution in [2.45, 2.75) is 32.6 Å². The van der Waals surface area contributed by atoms with Gasteiger partial charge in [-0.25, -0.2) is 10.9 Å². The molecule has 17 heavy (non-hydrogen) atoms. The number of benzene rings is 1. The Bertz CT molecular complexity index is 376.